The first kappa shape index (κ1) is 17.3. The lowest BCUT2D eigenvalue weighted by molar-refractivity contribution is 0.0516. The predicted octanol–water partition coefficient (Wildman–Crippen LogP) is 4.78. The minimum atomic E-state index is -0.697. The normalized spacial score (nSPS) is 10.9. The van der Waals surface area contributed by atoms with Gasteiger partial charge in [0.05, 0.1) is 18.6 Å². The maximum absolute atomic E-state index is 14.1. The number of ether oxygens (including phenoxy) is 2. The molecule has 0 saturated heterocycles. The summed E-state index contributed by atoms with van der Waals surface area (Å²) in [7, 11) is 1.53. The van der Waals surface area contributed by atoms with Crippen LogP contribution in [0.25, 0.3) is 10.9 Å². The van der Waals surface area contributed by atoms with Gasteiger partial charge >= 0.3 is 5.97 Å². The fourth-order valence-corrected chi connectivity index (χ4v) is 3.42. The number of halogens is 2. The average molecular weight is 363 g/mol. The van der Waals surface area contributed by atoms with E-state index in [4.69, 9.17) is 9.47 Å². The molecule has 3 rings (SSSR count). The third kappa shape index (κ3) is 3.46. The van der Waals surface area contributed by atoms with E-state index in [9.17, 15) is 13.6 Å². The highest BCUT2D eigenvalue weighted by atomic mass is 32.2. The monoisotopic (exact) mass is 363 g/mol. The summed E-state index contributed by atoms with van der Waals surface area (Å²) < 4.78 is 37.5. The van der Waals surface area contributed by atoms with Gasteiger partial charge in [0.25, 0.3) is 0 Å². The Morgan fingerprint density at radius 3 is 2.68 bits per heavy atom. The van der Waals surface area contributed by atoms with Crippen LogP contribution in [0.1, 0.15) is 17.4 Å². The van der Waals surface area contributed by atoms with Gasteiger partial charge in [0, 0.05) is 21.9 Å². The zero-order valence-electron chi connectivity index (χ0n) is 13.6. The first-order chi connectivity index (χ1) is 12.0. The molecule has 0 aliphatic carbocycles. The van der Waals surface area contributed by atoms with E-state index in [0.717, 1.165) is 17.8 Å². The van der Waals surface area contributed by atoms with Crippen molar-refractivity contribution in [2.24, 2.45) is 0 Å². The van der Waals surface area contributed by atoms with E-state index in [2.05, 4.69) is 4.98 Å². The van der Waals surface area contributed by atoms with Crippen molar-refractivity contribution in [1.29, 1.82) is 0 Å². The summed E-state index contributed by atoms with van der Waals surface area (Å²) in [6, 6.07) is 8.58. The average Bonchev–Trinajstić information content (AvgIpc) is 2.95. The summed E-state index contributed by atoms with van der Waals surface area (Å²) in [6.45, 7) is 1.92. The number of fused-ring (bicyclic) bond motifs is 1. The highest BCUT2D eigenvalue weighted by molar-refractivity contribution is 7.99. The summed E-state index contributed by atoms with van der Waals surface area (Å²) in [6.07, 6.45) is 0. The van der Waals surface area contributed by atoms with Gasteiger partial charge in [0.1, 0.15) is 23.1 Å². The predicted molar refractivity (Wildman–Crippen MR) is 91.3 cm³/mol. The van der Waals surface area contributed by atoms with E-state index < -0.39 is 17.6 Å². The van der Waals surface area contributed by atoms with Gasteiger partial charge in [-0.05, 0) is 37.3 Å². The number of methoxy groups -OCH3 is 1. The lowest BCUT2D eigenvalue weighted by Gasteiger charge is -2.06. The van der Waals surface area contributed by atoms with Crippen molar-refractivity contribution in [3.8, 4) is 5.75 Å². The van der Waals surface area contributed by atoms with Crippen LogP contribution in [-0.2, 0) is 4.74 Å². The van der Waals surface area contributed by atoms with E-state index in [0.29, 0.717) is 21.5 Å². The lowest BCUT2D eigenvalue weighted by atomic mass is 10.2. The molecule has 0 atom stereocenters. The first-order valence-corrected chi connectivity index (χ1v) is 8.35. The quantitative estimate of drug-likeness (QED) is 0.663. The van der Waals surface area contributed by atoms with Crippen LogP contribution in [0.5, 0.6) is 5.75 Å². The number of esters is 1. The fourth-order valence-electron chi connectivity index (χ4n) is 2.39. The standard InChI is InChI=1S/C18H15F2NO3S/c1-3-24-18(22)16-17(25-15-7-4-10(19)8-13(15)20)12-9-11(23-2)5-6-14(12)21-16/h4-9,21H,3H2,1-2H3. The van der Waals surface area contributed by atoms with Crippen LogP contribution in [0.15, 0.2) is 46.2 Å². The molecule has 1 N–H and O–H groups in total. The van der Waals surface area contributed by atoms with E-state index >= 15 is 0 Å². The molecule has 25 heavy (non-hydrogen) atoms. The molecule has 1 heterocycles. The van der Waals surface area contributed by atoms with Gasteiger partial charge in [-0.15, -0.1) is 0 Å². The summed E-state index contributed by atoms with van der Waals surface area (Å²) in [5.41, 5.74) is 0.910. The number of hydrogen-bond acceptors (Lipinski definition) is 4. The summed E-state index contributed by atoms with van der Waals surface area (Å²) >= 11 is 1.03. The number of benzene rings is 2. The summed E-state index contributed by atoms with van der Waals surface area (Å²) in [5.74, 6) is -1.30. The van der Waals surface area contributed by atoms with Crippen molar-refractivity contribution in [1.82, 2.24) is 4.98 Å². The lowest BCUT2D eigenvalue weighted by Crippen LogP contribution is -2.06. The minimum Gasteiger partial charge on any atom is -0.497 e. The van der Waals surface area contributed by atoms with Crippen LogP contribution < -0.4 is 4.74 Å². The van der Waals surface area contributed by atoms with Crippen LogP contribution >= 0.6 is 11.8 Å². The number of nitrogens with one attached hydrogen (secondary N) is 1. The van der Waals surface area contributed by atoms with Crippen LogP contribution in [0.2, 0.25) is 0 Å². The Kier molecular flexibility index (Phi) is 4.94. The van der Waals surface area contributed by atoms with Crippen molar-refractivity contribution in [2.75, 3.05) is 13.7 Å². The maximum Gasteiger partial charge on any atom is 0.355 e. The van der Waals surface area contributed by atoms with E-state index in [1.54, 1.807) is 25.1 Å². The molecule has 3 aromatic rings. The van der Waals surface area contributed by atoms with Crippen LogP contribution in [-0.4, -0.2) is 24.7 Å². The van der Waals surface area contributed by atoms with Crippen LogP contribution in [0, 0.1) is 11.6 Å². The number of aromatic amines is 1. The molecule has 0 radical (unpaired) electrons. The SMILES string of the molecule is CCOC(=O)c1[nH]c2ccc(OC)cc2c1Sc1ccc(F)cc1F. The van der Waals surface area contributed by atoms with E-state index in [1.807, 2.05) is 0 Å². The van der Waals surface area contributed by atoms with Gasteiger partial charge in [0.15, 0.2) is 0 Å². The molecule has 130 valence electrons. The topological polar surface area (TPSA) is 51.3 Å². The highest BCUT2D eigenvalue weighted by Crippen LogP contribution is 2.39. The summed E-state index contributed by atoms with van der Waals surface area (Å²) in [5, 5.41) is 0.691. The number of rotatable bonds is 5. The molecule has 0 unspecified atom stereocenters. The molecule has 1 aromatic heterocycles. The second-order valence-corrected chi connectivity index (χ2v) is 6.19. The maximum atomic E-state index is 14.1. The second kappa shape index (κ2) is 7.14. The molecular weight excluding hydrogens is 348 g/mol. The molecule has 0 bridgehead atoms. The third-order valence-corrected chi connectivity index (χ3v) is 4.72. The largest absolute Gasteiger partial charge is 0.497 e. The van der Waals surface area contributed by atoms with Crippen LogP contribution in [0.4, 0.5) is 8.78 Å². The molecule has 0 spiro atoms. The van der Waals surface area contributed by atoms with Gasteiger partial charge in [-0.25, -0.2) is 13.6 Å². The van der Waals surface area contributed by atoms with Gasteiger partial charge in [-0.3, -0.25) is 0 Å². The molecule has 0 amide bonds. The Morgan fingerprint density at radius 2 is 2.00 bits per heavy atom. The van der Waals surface area contributed by atoms with E-state index in [-0.39, 0.29) is 17.2 Å². The van der Waals surface area contributed by atoms with Gasteiger partial charge in [0.2, 0.25) is 0 Å². The van der Waals surface area contributed by atoms with Gasteiger partial charge in [-0.2, -0.15) is 0 Å². The Morgan fingerprint density at radius 1 is 1.20 bits per heavy atom. The minimum absolute atomic E-state index is 0.204. The molecule has 0 saturated carbocycles. The Bertz CT molecular complexity index is 939. The zero-order chi connectivity index (χ0) is 18.0. The number of aromatic nitrogens is 1. The molecule has 0 aliphatic rings. The number of carbonyl (C=O) groups excluding carboxylic acids is 1. The molecule has 0 aliphatic heterocycles. The Hall–Kier alpha value is -2.54. The fraction of sp³-hybridized carbons (Fsp3) is 0.167. The summed E-state index contributed by atoms with van der Waals surface area (Å²) in [4.78, 5) is 16.0. The van der Waals surface area contributed by atoms with Crippen molar-refractivity contribution in [3.05, 3.63) is 53.7 Å². The molecule has 2 aromatic carbocycles. The Balaban J connectivity index is 2.14. The molecule has 7 heteroatoms. The number of H-pyrrole nitrogens is 1. The molecule has 0 fully saturated rings. The zero-order valence-corrected chi connectivity index (χ0v) is 14.4. The Labute approximate surface area is 147 Å². The molecule has 4 nitrogen and oxygen atoms in total. The second-order valence-electron chi connectivity index (χ2n) is 5.14. The highest BCUT2D eigenvalue weighted by Gasteiger charge is 2.21. The van der Waals surface area contributed by atoms with Gasteiger partial charge in [-0.1, -0.05) is 11.8 Å². The number of hydrogen-bond donors (Lipinski definition) is 1. The van der Waals surface area contributed by atoms with Crippen molar-refractivity contribution >= 4 is 28.6 Å². The van der Waals surface area contributed by atoms with Crippen molar-refractivity contribution in [2.45, 2.75) is 16.7 Å². The van der Waals surface area contributed by atoms with Crippen molar-refractivity contribution < 1.29 is 23.0 Å². The van der Waals surface area contributed by atoms with Crippen molar-refractivity contribution in [3.63, 3.8) is 0 Å². The first-order valence-electron chi connectivity index (χ1n) is 7.53. The molecular formula is C18H15F2NO3S. The smallest absolute Gasteiger partial charge is 0.355 e. The van der Waals surface area contributed by atoms with E-state index in [1.165, 1.54) is 19.2 Å². The van der Waals surface area contributed by atoms with Crippen LogP contribution in [0.3, 0.4) is 0 Å². The third-order valence-electron chi connectivity index (χ3n) is 3.54. The number of carbonyl (C=O) groups is 1. The van der Waals surface area contributed by atoms with Gasteiger partial charge < -0.3 is 14.5 Å².